The maximum atomic E-state index is 12.9. The van der Waals surface area contributed by atoms with E-state index in [1.54, 1.807) is 36.4 Å². The van der Waals surface area contributed by atoms with Crippen LogP contribution in [0.15, 0.2) is 53.4 Å². The van der Waals surface area contributed by atoms with Gasteiger partial charge < -0.3 is 5.32 Å². The molecule has 1 aliphatic heterocycles. The highest BCUT2D eigenvalue weighted by atomic mass is 32.2. The SMILES string of the molecule is Cc1ccc(NS(=O)(=O)c2ccc3c4c(cccc24)C(=O)N3)cc1C. The average molecular weight is 352 g/mol. The van der Waals surface area contributed by atoms with E-state index in [1.165, 1.54) is 6.07 Å². The normalized spacial score (nSPS) is 13.1. The van der Waals surface area contributed by atoms with Crippen LogP contribution in [-0.4, -0.2) is 14.3 Å². The first-order valence-corrected chi connectivity index (χ1v) is 9.32. The number of benzene rings is 3. The van der Waals surface area contributed by atoms with Crippen LogP contribution in [0.3, 0.4) is 0 Å². The Morgan fingerprint density at radius 2 is 1.76 bits per heavy atom. The van der Waals surface area contributed by atoms with Crippen molar-refractivity contribution in [3.63, 3.8) is 0 Å². The molecule has 3 aromatic carbocycles. The molecule has 6 heteroatoms. The molecule has 1 amide bonds. The first-order chi connectivity index (χ1) is 11.9. The molecule has 0 saturated carbocycles. The molecule has 2 N–H and O–H groups in total. The molecule has 25 heavy (non-hydrogen) atoms. The third-order valence-electron chi connectivity index (χ3n) is 4.54. The summed E-state index contributed by atoms with van der Waals surface area (Å²) in [4.78, 5) is 12.1. The minimum Gasteiger partial charge on any atom is -0.321 e. The van der Waals surface area contributed by atoms with Crippen molar-refractivity contribution < 1.29 is 13.2 Å². The molecule has 0 saturated heterocycles. The van der Waals surface area contributed by atoms with Crippen LogP contribution in [0.1, 0.15) is 21.5 Å². The Kier molecular flexibility index (Phi) is 3.33. The van der Waals surface area contributed by atoms with E-state index in [1.807, 2.05) is 19.9 Å². The van der Waals surface area contributed by atoms with Gasteiger partial charge in [-0.1, -0.05) is 18.2 Å². The van der Waals surface area contributed by atoms with Gasteiger partial charge in [0.15, 0.2) is 0 Å². The second kappa shape index (κ2) is 5.32. The second-order valence-electron chi connectivity index (χ2n) is 6.20. The number of hydrogen-bond acceptors (Lipinski definition) is 3. The minimum atomic E-state index is -3.78. The molecular weight excluding hydrogens is 336 g/mol. The van der Waals surface area contributed by atoms with Gasteiger partial charge in [-0.3, -0.25) is 9.52 Å². The van der Waals surface area contributed by atoms with Crippen LogP contribution in [0.25, 0.3) is 10.8 Å². The number of amides is 1. The van der Waals surface area contributed by atoms with Gasteiger partial charge in [-0.05, 0) is 55.3 Å². The van der Waals surface area contributed by atoms with E-state index in [-0.39, 0.29) is 10.8 Å². The summed E-state index contributed by atoms with van der Waals surface area (Å²) in [5, 5.41) is 3.94. The van der Waals surface area contributed by atoms with E-state index in [2.05, 4.69) is 10.0 Å². The highest BCUT2D eigenvalue weighted by molar-refractivity contribution is 7.93. The summed E-state index contributed by atoms with van der Waals surface area (Å²) in [6.45, 7) is 3.91. The summed E-state index contributed by atoms with van der Waals surface area (Å²) >= 11 is 0. The van der Waals surface area contributed by atoms with Crippen molar-refractivity contribution >= 4 is 38.1 Å². The van der Waals surface area contributed by atoms with Gasteiger partial charge in [0.25, 0.3) is 15.9 Å². The van der Waals surface area contributed by atoms with Crippen molar-refractivity contribution in [2.75, 3.05) is 10.0 Å². The first kappa shape index (κ1) is 15.7. The smallest absolute Gasteiger partial charge is 0.262 e. The van der Waals surface area contributed by atoms with Gasteiger partial charge in [0.1, 0.15) is 0 Å². The second-order valence-corrected chi connectivity index (χ2v) is 7.85. The fraction of sp³-hybridized carbons (Fsp3) is 0.105. The molecule has 0 radical (unpaired) electrons. The van der Waals surface area contributed by atoms with Gasteiger partial charge in [-0.2, -0.15) is 0 Å². The molecule has 0 spiro atoms. The van der Waals surface area contributed by atoms with E-state index < -0.39 is 10.0 Å². The van der Waals surface area contributed by atoms with Crippen LogP contribution >= 0.6 is 0 Å². The highest BCUT2D eigenvalue weighted by Gasteiger charge is 2.26. The van der Waals surface area contributed by atoms with Crippen molar-refractivity contribution in [1.29, 1.82) is 0 Å². The van der Waals surface area contributed by atoms with Gasteiger partial charge in [-0.15, -0.1) is 0 Å². The standard InChI is InChI=1S/C19H16N2O3S/c1-11-6-7-13(10-12(11)2)21-25(23,24)17-9-8-16-18-14(17)4-3-5-15(18)19(22)20-16/h3-10,21H,1-2H3,(H,20,22). The number of carbonyl (C=O) groups excluding carboxylic acids is 1. The lowest BCUT2D eigenvalue weighted by atomic mass is 10.1. The minimum absolute atomic E-state index is 0.155. The van der Waals surface area contributed by atoms with Crippen molar-refractivity contribution in [3.8, 4) is 0 Å². The molecule has 0 bridgehead atoms. The summed E-state index contributed by atoms with van der Waals surface area (Å²) < 4.78 is 28.5. The quantitative estimate of drug-likeness (QED) is 0.752. The van der Waals surface area contributed by atoms with Crippen molar-refractivity contribution in [2.45, 2.75) is 18.7 Å². The molecule has 0 aliphatic carbocycles. The number of sulfonamides is 1. The Hall–Kier alpha value is -2.86. The lowest BCUT2D eigenvalue weighted by Crippen LogP contribution is -2.13. The maximum Gasteiger partial charge on any atom is 0.262 e. The molecule has 4 rings (SSSR count). The van der Waals surface area contributed by atoms with Crippen molar-refractivity contribution in [1.82, 2.24) is 0 Å². The van der Waals surface area contributed by atoms with Crippen LogP contribution in [0.4, 0.5) is 11.4 Å². The summed E-state index contributed by atoms with van der Waals surface area (Å²) in [5.41, 5.74) is 3.75. The Morgan fingerprint density at radius 1 is 0.960 bits per heavy atom. The van der Waals surface area contributed by atoms with Gasteiger partial charge >= 0.3 is 0 Å². The van der Waals surface area contributed by atoms with Crippen molar-refractivity contribution in [3.05, 3.63) is 65.2 Å². The van der Waals surface area contributed by atoms with Gasteiger partial charge in [0, 0.05) is 27.7 Å². The molecule has 5 nitrogen and oxygen atoms in total. The first-order valence-electron chi connectivity index (χ1n) is 7.84. The van der Waals surface area contributed by atoms with E-state index in [0.29, 0.717) is 27.7 Å². The fourth-order valence-corrected chi connectivity index (χ4v) is 4.37. The van der Waals surface area contributed by atoms with Crippen LogP contribution in [0, 0.1) is 13.8 Å². The van der Waals surface area contributed by atoms with Crippen LogP contribution in [0.5, 0.6) is 0 Å². The summed E-state index contributed by atoms with van der Waals surface area (Å²) in [7, 11) is -3.78. The molecular formula is C19H16N2O3S. The molecule has 126 valence electrons. The third-order valence-corrected chi connectivity index (χ3v) is 5.98. The van der Waals surface area contributed by atoms with Gasteiger partial charge in [0.05, 0.1) is 4.90 Å². The number of carbonyl (C=O) groups is 1. The Balaban J connectivity index is 1.85. The van der Waals surface area contributed by atoms with Crippen LogP contribution < -0.4 is 10.0 Å². The zero-order valence-corrected chi connectivity index (χ0v) is 14.6. The van der Waals surface area contributed by atoms with E-state index in [9.17, 15) is 13.2 Å². The number of rotatable bonds is 3. The van der Waals surface area contributed by atoms with Gasteiger partial charge in [-0.25, -0.2) is 8.42 Å². The molecule has 0 atom stereocenters. The lowest BCUT2D eigenvalue weighted by Gasteiger charge is -2.12. The monoisotopic (exact) mass is 352 g/mol. The molecule has 0 fully saturated rings. The largest absolute Gasteiger partial charge is 0.321 e. The highest BCUT2D eigenvalue weighted by Crippen LogP contribution is 2.37. The zero-order valence-electron chi connectivity index (χ0n) is 13.8. The molecule has 0 aromatic heterocycles. The predicted molar refractivity (Wildman–Crippen MR) is 98.6 cm³/mol. The summed E-state index contributed by atoms with van der Waals surface area (Å²) in [5.74, 6) is -0.211. The summed E-state index contributed by atoms with van der Waals surface area (Å²) in [6.07, 6.45) is 0. The Bertz CT molecular complexity index is 1150. The fourth-order valence-electron chi connectivity index (χ4n) is 3.11. The number of anilines is 2. The summed E-state index contributed by atoms with van der Waals surface area (Å²) in [6, 6.07) is 13.7. The number of hydrogen-bond donors (Lipinski definition) is 2. The topological polar surface area (TPSA) is 75.3 Å². The molecule has 1 heterocycles. The Morgan fingerprint density at radius 3 is 2.52 bits per heavy atom. The van der Waals surface area contributed by atoms with E-state index >= 15 is 0 Å². The number of nitrogens with one attached hydrogen (secondary N) is 2. The third kappa shape index (κ3) is 2.46. The molecule has 0 unspecified atom stereocenters. The van der Waals surface area contributed by atoms with Crippen LogP contribution in [-0.2, 0) is 10.0 Å². The number of aryl methyl sites for hydroxylation is 2. The van der Waals surface area contributed by atoms with Crippen molar-refractivity contribution in [2.24, 2.45) is 0 Å². The van der Waals surface area contributed by atoms with E-state index in [4.69, 9.17) is 0 Å². The predicted octanol–water partition coefficient (Wildman–Crippen LogP) is 3.82. The molecule has 1 aliphatic rings. The Labute approximate surface area is 145 Å². The van der Waals surface area contributed by atoms with Crippen LogP contribution in [0.2, 0.25) is 0 Å². The maximum absolute atomic E-state index is 12.9. The van der Waals surface area contributed by atoms with E-state index in [0.717, 1.165) is 11.1 Å². The zero-order chi connectivity index (χ0) is 17.8. The lowest BCUT2D eigenvalue weighted by molar-refractivity contribution is 0.103. The molecule has 3 aromatic rings. The van der Waals surface area contributed by atoms with Gasteiger partial charge in [0.2, 0.25) is 0 Å². The average Bonchev–Trinajstić information content (AvgIpc) is 2.89.